The minimum atomic E-state index is -0.118. The van der Waals surface area contributed by atoms with Crippen LogP contribution in [0.2, 0.25) is 0 Å². The second kappa shape index (κ2) is 6.36. The van der Waals surface area contributed by atoms with E-state index in [2.05, 4.69) is 25.2 Å². The molecule has 7 heteroatoms. The predicted molar refractivity (Wildman–Crippen MR) is 87.4 cm³/mol. The molecule has 0 aromatic carbocycles. The molecule has 23 heavy (non-hydrogen) atoms. The van der Waals surface area contributed by atoms with Gasteiger partial charge in [0.15, 0.2) is 0 Å². The molecule has 0 bridgehead atoms. The van der Waals surface area contributed by atoms with E-state index in [1.807, 2.05) is 20.9 Å². The van der Waals surface area contributed by atoms with Crippen molar-refractivity contribution in [2.45, 2.75) is 32.7 Å². The zero-order chi connectivity index (χ0) is 16.4. The zero-order valence-electron chi connectivity index (χ0n) is 13.8. The van der Waals surface area contributed by atoms with Gasteiger partial charge >= 0.3 is 0 Å². The summed E-state index contributed by atoms with van der Waals surface area (Å²) >= 11 is 0. The molecule has 2 aromatic heterocycles. The van der Waals surface area contributed by atoms with Gasteiger partial charge in [0.2, 0.25) is 0 Å². The van der Waals surface area contributed by atoms with Crippen molar-refractivity contribution in [1.29, 1.82) is 0 Å². The molecule has 2 aromatic rings. The van der Waals surface area contributed by atoms with Gasteiger partial charge in [-0.3, -0.25) is 4.79 Å². The molecule has 1 unspecified atom stereocenters. The molecule has 1 N–H and O–H groups in total. The Morgan fingerprint density at radius 3 is 2.87 bits per heavy atom. The highest BCUT2D eigenvalue weighted by Gasteiger charge is 2.24. The fourth-order valence-corrected chi connectivity index (χ4v) is 2.92. The van der Waals surface area contributed by atoms with Crippen LogP contribution in [0, 0.1) is 13.8 Å². The molecular weight excluding hydrogens is 292 g/mol. The third kappa shape index (κ3) is 3.33. The fourth-order valence-electron chi connectivity index (χ4n) is 2.92. The van der Waals surface area contributed by atoms with Crippen LogP contribution in [0.25, 0.3) is 0 Å². The molecular formula is C16H22N6O. The number of amides is 1. The van der Waals surface area contributed by atoms with Crippen molar-refractivity contribution < 1.29 is 4.79 Å². The second-order valence-corrected chi connectivity index (χ2v) is 6.09. The van der Waals surface area contributed by atoms with Gasteiger partial charge in [0.1, 0.15) is 17.8 Å². The van der Waals surface area contributed by atoms with E-state index >= 15 is 0 Å². The van der Waals surface area contributed by atoms with E-state index in [9.17, 15) is 4.79 Å². The first-order valence-corrected chi connectivity index (χ1v) is 7.86. The molecule has 122 valence electrons. The first kappa shape index (κ1) is 15.5. The van der Waals surface area contributed by atoms with Crippen molar-refractivity contribution in [3.63, 3.8) is 0 Å². The molecule has 1 saturated heterocycles. The van der Waals surface area contributed by atoms with Gasteiger partial charge in [0, 0.05) is 43.6 Å². The van der Waals surface area contributed by atoms with Crippen molar-refractivity contribution in [1.82, 2.24) is 24.8 Å². The van der Waals surface area contributed by atoms with Crippen molar-refractivity contribution in [3.05, 3.63) is 35.8 Å². The Kier molecular flexibility index (Phi) is 4.27. The normalized spacial score (nSPS) is 18.0. The van der Waals surface area contributed by atoms with Gasteiger partial charge in [-0.15, -0.1) is 0 Å². The summed E-state index contributed by atoms with van der Waals surface area (Å²) in [4.78, 5) is 27.2. The smallest absolute Gasteiger partial charge is 0.271 e. The van der Waals surface area contributed by atoms with Crippen LogP contribution in [-0.2, 0) is 7.05 Å². The van der Waals surface area contributed by atoms with Crippen LogP contribution in [-0.4, -0.2) is 44.6 Å². The topological polar surface area (TPSA) is 75.9 Å². The molecule has 3 rings (SSSR count). The lowest BCUT2D eigenvalue weighted by Crippen LogP contribution is -2.48. The van der Waals surface area contributed by atoms with E-state index in [-0.39, 0.29) is 11.9 Å². The van der Waals surface area contributed by atoms with Gasteiger partial charge in [-0.2, -0.15) is 0 Å². The Bertz CT molecular complexity index is 710. The van der Waals surface area contributed by atoms with Crippen LogP contribution in [0.4, 0.5) is 5.82 Å². The third-order valence-corrected chi connectivity index (χ3v) is 4.30. The van der Waals surface area contributed by atoms with Crippen LogP contribution < -0.4 is 10.2 Å². The maximum Gasteiger partial charge on any atom is 0.271 e. The average Bonchev–Trinajstić information content (AvgIpc) is 2.97. The van der Waals surface area contributed by atoms with Crippen LogP contribution in [0.1, 0.15) is 34.6 Å². The number of nitrogens with one attached hydrogen (secondary N) is 1. The molecule has 1 atom stereocenters. The van der Waals surface area contributed by atoms with E-state index in [4.69, 9.17) is 0 Å². The Hall–Kier alpha value is -2.44. The van der Waals surface area contributed by atoms with Crippen LogP contribution >= 0.6 is 0 Å². The molecule has 0 radical (unpaired) electrons. The number of nitrogens with zero attached hydrogens (tertiary/aromatic N) is 5. The molecule has 1 aliphatic rings. The minimum absolute atomic E-state index is 0.105. The first-order chi connectivity index (χ1) is 11.0. The summed E-state index contributed by atoms with van der Waals surface area (Å²) in [6.45, 7) is 5.74. The maximum absolute atomic E-state index is 12.3. The van der Waals surface area contributed by atoms with Gasteiger partial charge in [-0.05, 0) is 26.7 Å². The molecule has 0 aliphatic carbocycles. The molecule has 3 heterocycles. The molecule has 1 fully saturated rings. The van der Waals surface area contributed by atoms with Crippen molar-refractivity contribution in [2.24, 2.45) is 7.05 Å². The van der Waals surface area contributed by atoms with Gasteiger partial charge in [-0.25, -0.2) is 15.0 Å². The van der Waals surface area contributed by atoms with Gasteiger partial charge in [0.25, 0.3) is 5.91 Å². The Morgan fingerprint density at radius 2 is 2.13 bits per heavy atom. The van der Waals surface area contributed by atoms with Crippen molar-refractivity contribution in [3.8, 4) is 0 Å². The largest absolute Gasteiger partial charge is 0.354 e. The summed E-state index contributed by atoms with van der Waals surface area (Å²) in [5.41, 5.74) is 2.55. The molecule has 1 amide bonds. The number of hydrogen-bond acceptors (Lipinski definition) is 5. The van der Waals surface area contributed by atoms with Crippen molar-refractivity contribution in [2.75, 3.05) is 18.0 Å². The Labute approximate surface area is 135 Å². The number of hydrogen-bond donors (Lipinski definition) is 1. The number of anilines is 1. The standard InChI is InChI=1S/C16H22N6O/c1-11-12(2)17-9-18-15(11)22-6-4-5-13(7-22)20-16(23)14-8-21(3)10-19-14/h8-10,13H,4-7H2,1-3H3,(H,20,23). The monoisotopic (exact) mass is 314 g/mol. The zero-order valence-corrected chi connectivity index (χ0v) is 13.8. The summed E-state index contributed by atoms with van der Waals surface area (Å²) in [5, 5.41) is 3.08. The van der Waals surface area contributed by atoms with Crippen LogP contribution in [0.15, 0.2) is 18.9 Å². The van der Waals surface area contributed by atoms with E-state index in [1.165, 1.54) is 0 Å². The minimum Gasteiger partial charge on any atom is -0.354 e. The Morgan fingerprint density at radius 1 is 1.30 bits per heavy atom. The molecule has 0 saturated carbocycles. The number of aryl methyl sites for hydroxylation is 2. The van der Waals surface area contributed by atoms with Gasteiger partial charge in [0.05, 0.1) is 6.33 Å². The molecule has 7 nitrogen and oxygen atoms in total. The quantitative estimate of drug-likeness (QED) is 0.922. The summed E-state index contributed by atoms with van der Waals surface area (Å²) in [6, 6.07) is 0.105. The summed E-state index contributed by atoms with van der Waals surface area (Å²) in [7, 11) is 1.85. The van der Waals surface area contributed by atoms with Gasteiger partial charge < -0.3 is 14.8 Å². The summed E-state index contributed by atoms with van der Waals surface area (Å²) < 4.78 is 1.77. The number of imidazole rings is 1. The van der Waals surface area contributed by atoms with Crippen LogP contribution in [0.3, 0.4) is 0 Å². The first-order valence-electron chi connectivity index (χ1n) is 7.86. The van der Waals surface area contributed by atoms with E-state index in [0.29, 0.717) is 5.69 Å². The van der Waals surface area contributed by atoms with Gasteiger partial charge in [-0.1, -0.05) is 0 Å². The number of rotatable bonds is 3. The molecule has 0 spiro atoms. The molecule has 1 aliphatic heterocycles. The highest BCUT2D eigenvalue weighted by Crippen LogP contribution is 2.22. The van der Waals surface area contributed by atoms with E-state index < -0.39 is 0 Å². The number of piperidine rings is 1. The lowest BCUT2D eigenvalue weighted by Gasteiger charge is -2.34. The number of aromatic nitrogens is 4. The lowest BCUT2D eigenvalue weighted by molar-refractivity contribution is 0.0928. The SMILES string of the molecule is Cc1ncnc(N2CCCC(NC(=O)c3cn(C)cn3)C2)c1C. The second-order valence-electron chi connectivity index (χ2n) is 6.09. The Balaban J connectivity index is 1.69. The maximum atomic E-state index is 12.3. The fraction of sp³-hybridized carbons (Fsp3) is 0.500. The highest BCUT2D eigenvalue weighted by atomic mass is 16.2. The number of carbonyl (C=O) groups is 1. The van der Waals surface area contributed by atoms with Crippen LogP contribution in [0.5, 0.6) is 0 Å². The number of carbonyl (C=O) groups excluding carboxylic acids is 1. The van der Waals surface area contributed by atoms with E-state index in [1.54, 1.807) is 23.4 Å². The predicted octanol–water partition coefficient (Wildman–Crippen LogP) is 1.23. The summed E-state index contributed by atoms with van der Waals surface area (Å²) in [5.74, 6) is 0.849. The van der Waals surface area contributed by atoms with Crippen molar-refractivity contribution >= 4 is 11.7 Å². The highest BCUT2D eigenvalue weighted by molar-refractivity contribution is 5.92. The van der Waals surface area contributed by atoms with E-state index in [0.717, 1.165) is 43.0 Å². The summed E-state index contributed by atoms with van der Waals surface area (Å²) in [6.07, 6.45) is 6.96. The third-order valence-electron chi connectivity index (χ3n) is 4.30. The average molecular weight is 314 g/mol. The lowest BCUT2D eigenvalue weighted by atomic mass is 10.0.